The van der Waals surface area contributed by atoms with Crippen LogP contribution in [0.15, 0.2) is 57.7 Å². The van der Waals surface area contributed by atoms with Gasteiger partial charge in [-0.25, -0.2) is 4.79 Å². The number of rotatable bonds is 2. The van der Waals surface area contributed by atoms with E-state index < -0.39 is 0 Å². The predicted octanol–water partition coefficient (Wildman–Crippen LogP) is 3.73. The molecular formula is C17H14O3. The van der Waals surface area contributed by atoms with E-state index in [1.165, 1.54) is 6.07 Å². The molecular weight excluding hydrogens is 252 g/mol. The van der Waals surface area contributed by atoms with Crippen molar-refractivity contribution in [2.45, 2.75) is 13.3 Å². The van der Waals surface area contributed by atoms with Crippen molar-refractivity contribution < 1.29 is 9.52 Å². The maximum absolute atomic E-state index is 12.2. The number of aryl methyl sites for hydroxylation is 1. The Morgan fingerprint density at radius 3 is 2.65 bits per heavy atom. The number of hydrogen-bond donors (Lipinski definition) is 1. The fraction of sp³-hybridized carbons (Fsp3) is 0.118. The molecule has 0 spiro atoms. The standard InChI is InChI=1S/C17H14O3/c1-2-11-5-3-4-6-14(11)15-9-12-7-8-13(18)10-16(12)20-17(15)19/h3-10,18H,2H2,1H3. The minimum absolute atomic E-state index is 0.0855. The van der Waals surface area contributed by atoms with Gasteiger partial charge in [0, 0.05) is 11.5 Å². The van der Waals surface area contributed by atoms with Crippen LogP contribution in [0.4, 0.5) is 0 Å². The Balaban J connectivity index is 2.29. The number of aromatic hydroxyl groups is 1. The van der Waals surface area contributed by atoms with E-state index in [1.54, 1.807) is 12.1 Å². The molecule has 0 unspecified atom stereocenters. The van der Waals surface area contributed by atoms with Crippen LogP contribution in [-0.4, -0.2) is 5.11 Å². The molecule has 0 saturated carbocycles. The lowest BCUT2D eigenvalue weighted by Gasteiger charge is -2.07. The second-order valence-electron chi connectivity index (χ2n) is 4.68. The average molecular weight is 266 g/mol. The molecule has 0 aliphatic rings. The van der Waals surface area contributed by atoms with Crippen LogP contribution >= 0.6 is 0 Å². The Kier molecular flexibility index (Phi) is 3.03. The first kappa shape index (κ1) is 12.5. The summed E-state index contributed by atoms with van der Waals surface area (Å²) in [5, 5.41) is 10.2. The molecule has 0 saturated heterocycles. The SMILES string of the molecule is CCc1ccccc1-c1cc2ccc(O)cc2oc1=O. The van der Waals surface area contributed by atoms with Gasteiger partial charge in [0.1, 0.15) is 11.3 Å². The van der Waals surface area contributed by atoms with Gasteiger partial charge in [-0.15, -0.1) is 0 Å². The number of hydrogen-bond acceptors (Lipinski definition) is 3. The maximum atomic E-state index is 12.2. The summed E-state index contributed by atoms with van der Waals surface area (Å²) < 4.78 is 5.31. The van der Waals surface area contributed by atoms with Crippen LogP contribution in [0.5, 0.6) is 5.75 Å². The lowest BCUT2D eigenvalue weighted by atomic mass is 9.99. The van der Waals surface area contributed by atoms with Crippen molar-refractivity contribution in [2.24, 2.45) is 0 Å². The maximum Gasteiger partial charge on any atom is 0.344 e. The Bertz CT molecular complexity index is 831. The topological polar surface area (TPSA) is 50.4 Å². The summed E-state index contributed by atoms with van der Waals surface area (Å²) in [6, 6.07) is 14.4. The third-order valence-electron chi connectivity index (χ3n) is 3.41. The largest absolute Gasteiger partial charge is 0.508 e. The number of fused-ring (bicyclic) bond motifs is 1. The quantitative estimate of drug-likeness (QED) is 0.719. The molecule has 0 amide bonds. The molecule has 3 nitrogen and oxygen atoms in total. The second-order valence-corrected chi connectivity index (χ2v) is 4.68. The predicted molar refractivity (Wildman–Crippen MR) is 79.0 cm³/mol. The monoisotopic (exact) mass is 266 g/mol. The van der Waals surface area contributed by atoms with Gasteiger partial charge in [-0.3, -0.25) is 0 Å². The number of phenolic OH excluding ortho intramolecular Hbond substituents is 1. The van der Waals surface area contributed by atoms with Crippen LogP contribution in [0.2, 0.25) is 0 Å². The summed E-state index contributed by atoms with van der Waals surface area (Å²) in [5.74, 6) is 0.0855. The van der Waals surface area contributed by atoms with Gasteiger partial charge in [0.05, 0.1) is 5.56 Å². The van der Waals surface area contributed by atoms with Crippen molar-refractivity contribution in [1.29, 1.82) is 0 Å². The lowest BCUT2D eigenvalue weighted by Crippen LogP contribution is -2.04. The molecule has 0 bridgehead atoms. The van der Waals surface area contributed by atoms with E-state index in [0.717, 1.165) is 22.9 Å². The van der Waals surface area contributed by atoms with Gasteiger partial charge in [-0.2, -0.15) is 0 Å². The zero-order chi connectivity index (χ0) is 14.1. The van der Waals surface area contributed by atoms with Crippen LogP contribution in [-0.2, 0) is 6.42 Å². The van der Waals surface area contributed by atoms with Crippen LogP contribution in [0.3, 0.4) is 0 Å². The van der Waals surface area contributed by atoms with E-state index in [9.17, 15) is 9.90 Å². The first-order valence-electron chi connectivity index (χ1n) is 6.54. The third-order valence-corrected chi connectivity index (χ3v) is 3.41. The molecule has 1 N–H and O–H groups in total. The van der Waals surface area contributed by atoms with E-state index in [2.05, 4.69) is 6.92 Å². The van der Waals surface area contributed by atoms with Crippen LogP contribution in [0.1, 0.15) is 12.5 Å². The fourth-order valence-corrected chi connectivity index (χ4v) is 2.38. The Morgan fingerprint density at radius 1 is 1.05 bits per heavy atom. The van der Waals surface area contributed by atoms with Gasteiger partial charge in [-0.05, 0) is 35.7 Å². The molecule has 2 aromatic carbocycles. The van der Waals surface area contributed by atoms with Gasteiger partial charge in [-0.1, -0.05) is 31.2 Å². The Hall–Kier alpha value is -2.55. The molecule has 3 heteroatoms. The molecule has 0 radical (unpaired) electrons. The van der Waals surface area contributed by atoms with Crippen molar-refractivity contribution in [3.63, 3.8) is 0 Å². The minimum Gasteiger partial charge on any atom is -0.508 e. The Labute approximate surface area is 116 Å². The molecule has 3 rings (SSSR count). The highest BCUT2D eigenvalue weighted by Gasteiger charge is 2.10. The molecule has 0 fully saturated rings. The zero-order valence-corrected chi connectivity index (χ0v) is 11.1. The summed E-state index contributed by atoms with van der Waals surface area (Å²) >= 11 is 0. The highest BCUT2D eigenvalue weighted by molar-refractivity contribution is 5.83. The first-order valence-corrected chi connectivity index (χ1v) is 6.54. The van der Waals surface area contributed by atoms with E-state index in [4.69, 9.17) is 4.42 Å². The number of phenols is 1. The highest BCUT2D eigenvalue weighted by atomic mass is 16.4. The minimum atomic E-state index is -0.385. The molecule has 100 valence electrons. The zero-order valence-electron chi connectivity index (χ0n) is 11.1. The van der Waals surface area contributed by atoms with Crippen molar-refractivity contribution >= 4 is 11.0 Å². The summed E-state index contributed by atoms with van der Waals surface area (Å²) in [7, 11) is 0. The van der Waals surface area contributed by atoms with Gasteiger partial charge in [0.15, 0.2) is 0 Å². The van der Waals surface area contributed by atoms with E-state index >= 15 is 0 Å². The van der Waals surface area contributed by atoms with E-state index in [1.807, 2.05) is 30.3 Å². The fourth-order valence-electron chi connectivity index (χ4n) is 2.38. The summed E-state index contributed by atoms with van der Waals surface area (Å²) in [4.78, 5) is 12.2. The normalized spacial score (nSPS) is 10.8. The van der Waals surface area contributed by atoms with Crippen LogP contribution < -0.4 is 5.63 Å². The van der Waals surface area contributed by atoms with Crippen molar-refractivity contribution in [3.05, 3.63) is 64.5 Å². The lowest BCUT2D eigenvalue weighted by molar-refractivity contribution is 0.473. The summed E-state index contributed by atoms with van der Waals surface area (Å²) in [5.41, 5.74) is 2.58. The van der Waals surface area contributed by atoms with Gasteiger partial charge in [0.2, 0.25) is 0 Å². The van der Waals surface area contributed by atoms with Crippen LogP contribution in [0.25, 0.3) is 22.1 Å². The molecule has 3 aromatic rings. The molecule has 20 heavy (non-hydrogen) atoms. The first-order chi connectivity index (χ1) is 9.69. The average Bonchev–Trinajstić information content (AvgIpc) is 2.46. The van der Waals surface area contributed by atoms with E-state index in [0.29, 0.717) is 11.1 Å². The van der Waals surface area contributed by atoms with Crippen molar-refractivity contribution in [3.8, 4) is 16.9 Å². The van der Waals surface area contributed by atoms with Gasteiger partial charge >= 0.3 is 5.63 Å². The highest BCUT2D eigenvalue weighted by Crippen LogP contribution is 2.26. The van der Waals surface area contributed by atoms with Crippen LogP contribution in [0, 0.1) is 0 Å². The van der Waals surface area contributed by atoms with Gasteiger partial charge in [0.25, 0.3) is 0 Å². The Morgan fingerprint density at radius 2 is 1.85 bits per heavy atom. The molecule has 0 atom stereocenters. The molecule has 1 heterocycles. The molecule has 1 aromatic heterocycles. The van der Waals surface area contributed by atoms with Gasteiger partial charge < -0.3 is 9.52 Å². The number of benzene rings is 2. The molecule has 0 aliphatic heterocycles. The van der Waals surface area contributed by atoms with E-state index in [-0.39, 0.29) is 11.4 Å². The third kappa shape index (κ3) is 2.07. The van der Waals surface area contributed by atoms with Crippen molar-refractivity contribution in [1.82, 2.24) is 0 Å². The molecule has 0 aliphatic carbocycles. The summed E-state index contributed by atoms with van der Waals surface area (Å²) in [6.45, 7) is 2.06. The summed E-state index contributed by atoms with van der Waals surface area (Å²) in [6.07, 6.45) is 0.850. The van der Waals surface area contributed by atoms with Crippen molar-refractivity contribution in [2.75, 3.05) is 0 Å². The smallest absolute Gasteiger partial charge is 0.344 e. The second kappa shape index (κ2) is 4.85.